The summed E-state index contributed by atoms with van der Waals surface area (Å²) in [6.45, 7) is 9.65. The van der Waals surface area contributed by atoms with Crippen molar-refractivity contribution in [3.05, 3.63) is 59.7 Å². The molecule has 0 saturated carbocycles. The third-order valence-electron chi connectivity index (χ3n) is 4.77. The van der Waals surface area contributed by atoms with Crippen LogP contribution in [0.5, 0.6) is 5.75 Å². The number of amides is 2. The maximum atomic E-state index is 12.9. The molecule has 2 aromatic rings. The first kappa shape index (κ1) is 26.5. The van der Waals surface area contributed by atoms with Crippen LogP contribution in [0.4, 0.5) is 18.0 Å². The van der Waals surface area contributed by atoms with Gasteiger partial charge in [0.25, 0.3) is 0 Å². The number of hydrogen-bond acceptors (Lipinski definition) is 4. The van der Waals surface area contributed by atoms with Crippen molar-refractivity contribution in [3.8, 4) is 5.75 Å². The molecule has 1 unspecified atom stereocenters. The summed E-state index contributed by atoms with van der Waals surface area (Å²) in [7, 11) is -4.50. The van der Waals surface area contributed by atoms with Crippen molar-refractivity contribution in [2.45, 2.75) is 70.2 Å². The van der Waals surface area contributed by atoms with Gasteiger partial charge in [-0.25, -0.2) is 4.79 Å². The fourth-order valence-corrected chi connectivity index (χ4v) is 3.91. The molecule has 33 heavy (non-hydrogen) atoms. The summed E-state index contributed by atoms with van der Waals surface area (Å²) in [6, 6.07) is 9.11. The standard InChI is InChI=1S/C23H29F3N2O4S/c1-6-16(2)28(21(29)27-22(3,4)5)15-17-9-7-11-19(13-17)32-33(30,31)20-12-8-10-18(14-20)23(24,25)26/h7-14,16H,6,15H2,1-5H3,(H,27,29). The average molecular weight is 487 g/mol. The zero-order valence-electron chi connectivity index (χ0n) is 19.2. The molecule has 0 aliphatic rings. The van der Waals surface area contributed by atoms with Crippen LogP contribution in [0.2, 0.25) is 0 Å². The van der Waals surface area contributed by atoms with Gasteiger partial charge in [0.1, 0.15) is 10.6 Å². The lowest BCUT2D eigenvalue weighted by Gasteiger charge is -2.32. The van der Waals surface area contributed by atoms with E-state index in [0.717, 1.165) is 18.2 Å². The van der Waals surface area contributed by atoms with E-state index in [9.17, 15) is 26.4 Å². The Hall–Kier alpha value is -2.75. The Morgan fingerprint density at radius 2 is 1.73 bits per heavy atom. The van der Waals surface area contributed by atoms with Crippen LogP contribution in [0.3, 0.4) is 0 Å². The molecule has 1 atom stereocenters. The Morgan fingerprint density at radius 1 is 1.09 bits per heavy atom. The summed E-state index contributed by atoms with van der Waals surface area (Å²) < 4.78 is 69.1. The molecule has 0 radical (unpaired) electrons. The molecule has 2 aromatic carbocycles. The van der Waals surface area contributed by atoms with Crippen molar-refractivity contribution in [2.24, 2.45) is 0 Å². The van der Waals surface area contributed by atoms with Crippen LogP contribution in [0, 0.1) is 0 Å². The number of nitrogens with zero attached hydrogens (tertiary/aromatic N) is 1. The molecule has 0 fully saturated rings. The lowest BCUT2D eigenvalue weighted by Crippen LogP contribution is -2.50. The van der Waals surface area contributed by atoms with E-state index in [2.05, 4.69) is 5.32 Å². The zero-order chi connectivity index (χ0) is 25.0. The number of carbonyl (C=O) groups excluding carboxylic acids is 1. The molecule has 6 nitrogen and oxygen atoms in total. The molecular formula is C23H29F3N2O4S. The van der Waals surface area contributed by atoms with Gasteiger partial charge < -0.3 is 14.4 Å². The van der Waals surface area contributed by atoms with Gasteiger partial charge in [0.15, 0.2) is 0 Å². The van der Waals surface area contributed by atoms with E-state index in [1.165, 1.54) is 12.1 Å². The minimum Gasteiger partial charge on any atom is -0.379 e. The van der Waals surface area contributed by atoms with Gasteiger partial charge in [-0.05, 0) is 70.0 Å². The number of nitrogens with one attached hydrogen (secondary N) is 1. The summed E-state index contributed by atoms with van der Waals surface area (Å²) >= 11 is 0. The number of hydrogen-bond donors (Lipinski definition) is 1. The van der Waals surface area contributed by atoms with E-state index < -0.39 is 32.3 Å². The number of carbonyl (C=O) groups is 1. The molecule has 0 aliphatic carbocycles. The minimum atomic E-state index is -4.68. The van der Waals surface area contributed by atoms with Crippen molar-refractivity contribution < 1.29 is 30.6 Å². The van der Waals surface area contributed by atoms with Crippen LogP contribution in [0.1, 0.15) is 52.2 Å². The third-order valence-corrected chi connectivity index (χ3v) is 6.02. The first-order chi connectivity index (χ1) is 15.1. The van der Waals surface area contributed by atoms with Gasteiger partial charge in [-0.2, -0.15) is 21.6 Å². The number of urea groups is 1. The predicted molar refractivity (Wildman–Crippen MR) is 119 cm³/mol. The highest BCUT2D eigenvalue weighted by Gasteiger charge is 2.32. The molecule has 0 heterocycles. The Labute approximate surface area is 192 Å². The molecule has 1 N–H and O–H groups in total. The maximum absolute atomic E-state index is 12.9. The topological polar surface area (TPSA) is 75.7 Å². The normalized spacial score (nSPS) is 13.3. The van der Waals surface area contributed by atoms with Gasteiger partial charge in [0.05, 0.1) is 5.56 Å². The van der Waals surface area contributed by atoms with Gasteiger partial charge in [-0.15, -0.1) is 0 Å². The van der Waals surface area contributed by atoms with E-state index in [4.69, 9.17) is 4.18 Å². The van der Waals surface area contributed by atoms with Gasteiger partial charge in [0, 0.05) is 18.1 Å². The molecule has 0 aromatic heterocycles. The molecule has 182 valence electrons. The lowest BCUT2D eigenvalue weighted by molar-refractivity contribution is -0.137. The third kappa shape index (κ3) is 7.66. The summed E-state index contributed by atoms with van der Waals surface area (Å²) in [5.41, 5.74) is -0.918. The summed E-state index contributed by atoms with van der Waals surface area (Å²) in [4.78, 5) is 13.8. The molecule has 10 heteroatoms. The Balaban J connectivity index is 2.27. The van der Waals surface area contributed by atoms with Crippen LogP contribution in [-0.2, 0) is 22.8 Å². The van der Waals surface area contributed by atoms with Crippen LogP contribution < -0.4 is 9.50 Å². The SMILES string of the molecule is CCC(C)N(Cc1cccc(OS(=O)(=O)c2cccc(C(F)(F)F)c2)c1)C(=O)NC(C)(C)C. The first-order valence-electron chi connectivity index (χ1n) is 10.4. The molecule has 0 spiro atoms. The van der Waals surface area contributed by atoms with Gasteiger partial charge in [-0.3, -0.25) is 0 Å². The zero-order valence-corrected chi connectivity index (χ0v) is 20.0. The molecular weight excluding hydrogens is 457 g/mol. The summed E-state index contributed by atoms with van der Waals surface area (Å²) in [5, 5.41) is 2.91. The van der Waals surface area contributed by atoms with Crippen molar-refractivity contribution in [1.29, 1.82) is 0 Å². The molecule has 2 rings (SSSR count). The highest BCUT2D eigenvalue weighted by Crippen LogP contribution is 2.31. The number of alkyl halides is 3. The van der Waals surface area contributed by atoms with E-state index in [-0.39, 0.29) is 24.4 Å². The number of rotatable bonds is 7. The van der Waals surface area contributed by atoms with E-state index in [1.807, 2.05) is 34.6 Å². The van der Waals surface area contributed by atoms with Gasteiger partial charge >= 0.3 is 22.3 Å². The molecule has 0 bridgehead atoms. The smallest absolute Gasteiger partial charge is 0.379 e. The highest BCUT2D eigenvalue weighted by molar-refractivity contribution is 7.87. The number of halogens is 3. The Bertz CT molecular complexity index is 1080. The van der Waals surface area contributed by atoms with Gasteiger partial charge in [-0.1, -0.05) is 25.1 Å². The van der Waals surface area contributed by atoms with E-state index in [0.29, 0.717) is 18.1 Å². The highest BCUT2D eigenvalue weighted by atomic mass is 32.2. The monoisotopic (exact) mass is 486 g/mol. The first-order valence-corrected chi connectivity index (χ1v) is 11.8. The Kier molecular flexibility index (Phi) is 8.05. The summed E-state index contributed by atoms with van der Waals surface area (Å²) in [5.74, 6) is -0.0646. The largest absolute Gasteiger partial charge is 0.416 e. The van der Waals surface area contributed by atoms with Gasteiger partial charge in [0.2, 0.25) is 0 Å². The fraction of sp³-hybridized carbons (Fsp3) is 0.435. The lowest BCUT2D eigenvalue weighted by atomic mass is 10.1. The van der Waals surface area contributed by atoms with E-state index in [1.54, 1.807) is 17.0 Å². The predicted octanol–water partition coefficient (Wildman–Crippen LogP) is 5.58. The molecule has 0 aliphatic heterocycles. The fourth-order valence-electron chi connectivity index (χ4n) is 2.94. The van der Waals surface area contributed by atoms with E-state index >= 15 is 0 Å². The van der Waals surface area contributed by atoms with Crippen LogP contribution in [0.25, 0.3) is 0 Å². The second kappa shape index (κ2) is 10.0. The summed E-state index contributed by atoms with van der Waals surface area (Å²) in [6.07, 6.45) is -3.98. The number of benzene rings is 2. The van der Waals surface area contributed by atoms with Crippen molar-refractivity contribution in [1.82, 2.24) is 10.2 Å². The van der Waals surface area contributed by atoms with Crippen molar-refractivity contribution in [3.63, 3.8) is 0 Å². The Morgan fingerprint density at radius 3 is 2.30 bits per heavy atom. The average Bonchev–Trinajstić information content (AvgIpc) is 2.69. The van der Waals surface area contributed by atoms with Crippen molar-refractivity contribution >= 4 is 16.1 Å². The molecule has 2 amide bonds. The quantitative estimate of drug-likeness (QED) is 0.519. The molecule has 0 saturated heterocycles. The second-order valence-corrected chi connectivity index (χ2v) is 10.3. The minimum absolute atomic E-state index is 0.0646. The second-order valence-electron chi connectivity index (χ2n) is 8.78. The van der Waals surface area contributed by atoms with Crippen molar-refractivity contribution in [2.75, 3.05) is 0 Å². The van der Waals surface area contributed by atoms with Crippen LogP contribution in [-0.4, -0.2) is 30.9 Å². The maximum Gasteiger partial charge on any atom is 0.416 e. The van der Waals surface area contributed by atoms with Crippen LogP contribution in [0.15, 0.2) is 53.4 Å². The van der Waals surface area contributed by atoms with Crippen LogP contribution >= 0.6 is 0 Å².